The van der Waals surface area contributed by atoms with Crippen molar-refractivity contribution >= 4 is 11.9 Å². The predicted octanol–water partition coefficient (Wildman–Crippen LogP) is 1.53. The molecule has 0 unspecified atom stereocenters. The SMILES string of the molecule is NC1CCN(c2ncnc(N[C@@H]3CCO[C@@H](c4ccccn4)C3)n2)CC1. The fourth-order valence-electron chi connectivity index (χ4n) is 3.49. The van der Waals surface area contributed by atoms with Crippen molar-refractivity contribution in [2.24, 2.45) is 5.73 Å². The summed E-state index contributed by atoms with van der Waals surface area (Å²) >= 11 is 0. The van der Waals surface area contributed by atoms with Gasteiger partial charge in [0, 0.05) is 38.0 Å². The van der Waals surface area contributed by atoms with Gasteiger partial charge >= 0.3 is 0 Å². The van der Waals surface area contributed by atoms with Gasteiger partial charge in [-0.15, -0.1) is 0 Å². The summed E-state index contributed by atoms with van der Waals surface area (Å²) in [6.45, 7) is 2.48. The van der Waals surface area contributed by atoms with Gasteiger partial charge in [0.1, 0.15) is 12.4 Å². The van der Waals surface area contributed by atoms with Gasteiger partial charge in [0.05, 0.1) is 5.69 Å². The number of aromatic nitrogens is 4. The topological polar surface area (TPSA) is 102 Å². The molecular weight excluding hydrogens is 330 g/mol. The Kier molecular flexibility index (Phi) is 5.21. The largest absolute Gasteiger partial charge is 0.372 e. The van der Waals surface area contributed by atoms with E-state index in [0.717, 1.165) is 50.4 Å². The van der Waals surface area contributed by atoms with E-state index in [-0.39, 0.29) is 18.2 Å². The molecule has 2 saturated heterocycles. The maximum Gasteiger partial charge on any atom is 0.230 e. The average Bonchev–Trinajstić information content (AvgIpc) is 2.70. The molecule has 0 radical (unpaired) electrons. The Morgan fingerprint density at radius 1 is 1.12 bits per heavy atom. The molecule has 0 saturated carbocycles. The number of hydrogen-bond acceptors (Lipinski definition) is 8. The molecule has 0 spiro atoms. The lowest BCUT2D eigenvalue weighted by molar-refractivity contribution is 0.00711. The van der Waals surface area contributed by atoms with Crippen LogP contribution in [0.1, 0.15) is 37.5 Å². The van der Waals surface area contributed by atoms with E-state index in [4.69, 9.17) is 10.5 Å². The Balaban J connectivity index is 1.40. The Hall–Kier alpha value is -2.32. The van der Waals surface area contributed by atoms with Crippen molar-refractivity contribution in [2.75, 3.05) is 29.9 Å². The smallest absolute Gasteiger partial charge is 0.230 e. The van der Waals surface area contributed by atoms with Crippen molar-refractivity contribution in [1.82, 2.24) is 19.9 Å². The second-order valence-corrected chi connectivity index (χ2v) is 6.91. The summed E-state index contributed by atoms with van der Waals surface area (Å²) in [4.78, 5) is 19.8. The quantitative estimate of drug-likeness (QED) is 0.851. The lowest BCUT2D eigenvalue weighted by Gasteiger charge is -2.31. The fraction of sp³-hybridized carbons (Fsp3) is 0.556. The Labute approximate surface area is 153 Å². The van der Waals surface area contributed by atoms with Crippen LogP contribution in [-0.4, -0.2) is 51.7 Å². The molecule has 4 heterocycles. The van der Waals surface area contributed by atoms with Crippen molar-refractivity contribution in [1.29, 1.82) is 0 Å². The van der Waals surface area contributed by atoms with Crippen molar-refractivity contribution in [3.63, 3.8) is 0 Å². The Morgan fingerprint density at radius 2 is 2.00 bits per heavy atom. The van der Waals surface area contributed by atoms with Crippen molar-refractivity contribution in [2.45, 2.75) is 43.9 Å². The van der Waals surface area contributed by atoms with E-state index >= 15 is 0 Å². The molecular formula is C18H25N7O. The van der Waals surface area contributed by atoms with Crippen molar-refractivity contribution in [3.05, 3.63) is 36.4 Å². The second-order valence-electron chi connectivity index (χ2n) is 6.91. The Morgan fingerprint density at radius 3 is 2.81 bits per heavy atom. The highest BCUT2D eigenvalue weighted by atomic mass is 16.5. The van der Waals surface area contributed by atoms with Gasteiger partial charge in [-0.05, 0) is 37.8 Å². The number of rotatable bonds is 4. The molecule has 138 valence electrons. The molecule has 0 aliphatic carbocycles. The second kappa shape index (κ2) is 7.92. The molecule has 8 heteroatoms. The summed E-state index contributed by atoms with van der Waals surface area (Å²) in [5.74, 6) is 1.35. The fourth-order valence-corrected chi connectivity index (χ4v) is 3.49. The molecule has 3 N–H and O–H groups in total. The predicted molar refractivity (Wildman–Crippen MR) is 98.8 cm³/mol. The van der Waals surface area contributed by atoms with Crippen LogP contribution in [0.5, 0.6) is 0 Å². The molecule has 2 aliphatic heterocycles. The van der Waals surface area contributed by atoms with Crippen LogP contribution >= 0.6 is 0 Å². The molecule has 4 rings (SSSR count). The van der Waals surface area contributed by atoms with Gasteiger partial charge in [-0.3, -0.25) is 4.98 Å². The van der Waals surface area contributed by atoms with E-state index in [9.17, 15) is 0 Å². The first-order valence-corrected chi connectivity index (χ1v) is 9.26. The molecule has 2 aliphatic rings. The number of hydrogen-bond donors (Lipinski definition) is 2. The van der Waals surface area contributed by atoms with E-state index in [1.807, 2.05) is 18.2 Å². The summed E-state index contributed by atoms with van der Waals surface area (Å²) in [7, 11) is 0. The van der Waals surface area contributed by atoms with Gasteiger partial charge < -0.3 is 20.7 Å². The molecule has 2 atom stereocenters. The van der Waals surface area contributed by atoms with Crippen molar-refractivity contribution in [3.8, 4) is 0 Å². The number of ether oxygens (including phenoxy) is 1. The molecule has 0 amide bonds. The van der Waals surface area contributed by atoms with Crippen molar-refractivity contribution < 1.29 is 4.74 Å². The molecule has 0 bridgehead atoms. The number of nitrogens with one attached hydrogen (secondary N) is 1. The summed E-state index contributed by atoms with van der Waals surface area (Å²) in [6.07, 6.45) is 7.10. The van der Waals surface area contributed by atoms with Crippen LogP contribution in [-0.2, 0) is 4.74 Å². The molecule has 0 aromatic carbocycles. The van der Waals surface area contributed by atoms with Crippen LogP contribution < -0.4 is 16.0 Å². The summed E-state index contributed by atoms with van der Waals surface area (Å²) in [5, 5.41) is 3.45. The zero-order valence-corrected chi connectivity index (χ0v) is 14.8. The first-order valence-electron chi connectivity index (χ1n) is 9.26. The minimum atomic E-state index is 0.00680. The summed E-state index contributed by atoms with van der Waals surface area (Å²) < 4.78 is 5.89. The summed E-state index contributed by atoms with van der Waals surface area (Å²) in [6, 6.07) is 6.46. The van der Waals surface area contributed by atoms with Gasteiger partial charge in [0.15, 0.2) is 0 Å². The van der Waals surface area contributed by atoms with Crippen LogP contribution in [0.25, 0.3) is 0 Å². The minimum absolute atomic E-state index is 0.00680. The van der Waals surface area contributed by atoms with Crippen LogP contribution in [0.3, 0.4) is 0 Å². The number of pyridine rings is 1. The van der Waals surface area contributed by atoms with E-state index < -0.39 is 0 Å². The minimum Gasteiger partial charge on any atom is -0.372 e. The first kappa shape index (κ1) is 17.1. The van der Waals surface area contributed by atoms with Gasteiger partial charge in [0.2, 0.25) is 11.9 Å². The maximum absolute atomic E-state index is 5.98. The molecule has 2 fully saturated rings. The molecule has 2 aromatic rings. The molecule has 2 aromatic heterocycles. The number of nitrogens with two attached hydrogens (primary N) is 1. The maximum atomic E-state index is 5.98. The molecule has 8 nitrogen and oxygen atoms in total. The third-order valence-corrected chi connectivity index (χ3v) is 5.02. The zero-order valence-electron chi connectivity index (χ0n) is 14.8. The Bertz CT molecular complexity index is 706. The van der Waals surface area contributed by atoms with Gasteiger partial charge in [-0.25, -0.2) is 9.97 Å². The monoisotopic (exact) mass is 355 g/mol. The average molecular weight is 355 g/mol. The lowest BCUT2D eigenvalue weighted by Crippen LogP contribution is -2.40. The van der Waals surface area contributed by atoms with Crippen LogP contribution in [0.4, 0.5) is 11.9 Å². The van der Waals surface area contributed by atoms with E-state index in [1.54, 1.807) is 12.5 Å². The van der Waals surface area contributed by atoms with Gasteiger partial charge in [-0.2, -0.15) is 4.98 Å². The van der Waals surface area contributed by atoms with Gasteiger partial charge in [0.25, 0.3) is 0 Å². The number of nitrogens with zero attached hydrogens (tertiary/aromatic N) is 5. The van der Waals surface area contributed by atoms with Gasteiger partial charge in [-0.1, -0.05) is 6.07 Å². The number of piperidine rings is 1. The number of anilines is 2. The van der Waals surface area contributed by atoms with Crippen LogP contribution in [0.15, 0.2) is 30.7 Å². The normalized spacial score (nSPS) is 24.4. The highest BCUT2D eigenvalue weighted by molar-refractivity contribution is 5.37. The summed E-state index contributed by atoms with van der Waals surface area (Å²) in [5.41, 5.74) is 6.95. The highest BCUT2D eigenvalue weighted by Crippen LogP contribution is 2.28. The third kappa shape index (κ3) is 4.08. The van der Waals surface area contributed by atoms with E-state index in [0.29, 0.717) is 12.6 Å². The highest BCUT2D eigenvalue weighted by Gasteiger charge is 2.25. The zero-order chi connectivity index (χ0) is 17.8. The lowest BCUT2D eigenvalue weighted by atomic mass is 10.0. The van der Waals surface area contributed by atoms with Crippen LogP contribution in [0, 0.1) is 0 Å². The van der Waals surface area contributed by atoms with E-state index in [2.05, 4.69) is 30.2 Å². The van der Waals surface area contributed by atoms with Crippen LogP contribution in [0.2, 0.25) is 0 Å². The molecule has 26 heavy (non-hydrogen) atoms. The third-order valence-electron chi connectivity index (χ3n) is 5.02. The first-order chi connectivity index (χ1) is 12.8. The standard InChI is InChI=1S/C18H25N7O/c19-13-4-8-25(9-5-13)18-22-12-21-17(24-18)23-14-6-10-26-16(11-14)15-3-1-2-7-20-15/h1-3,7,12-14,16H,4-6,8-11,19H2,(H,21,22,23,24)/t14-,16-/m1/s1. The van der Waals surface area contributed by atoms with E-state index in [1.165, 1.54) is 0 Å².